The topological polar surface area (TPSA) is 94.9 Å². The average Bonchev–Trinajstić information content (AvgIpc) is 2.98. The van der Waals surface area contributed by atoms with Gasteiger partial charge in [-0.2, -0.15) is 0 Å². The van der Waals surface area contributed by atoms with Gasteiger partial charge in [-0.25, -0.2) is 0 Å². The van der Waals surface area contributed by atoms with E-state index in [9.17, 15) is 15.0 Å². The summed E-state index contributed by atoms with van der Waals surface area (Å²) in [4.78, 5) is 18.7. The number of pyridine rings is 1. The van der Waals surface area contributed by atoms with E-state index in [2.05, 4.69) is 10.3 Å². The summed E-state index contributed by atoms with van der Waals surface area (Å²) in [6.07, 6.45) is 0.732. The molecule has 1 heterocycles. The Bertz CT molecular complexity index is 769. The van der Waals surface area contributed by atoms with E-state index < -0.39 is 12.2 Å². The minimum atomic E-state index is -0.807. The van der Waals surface area contributed by atoms with Gasteiger partial charge in [0.25, 0.3) is 5.91 Å². The second kappa shape index (κ2) is 9.14. The van der Waals surface area contributed by atoms with Gasteiger partial charge in [-0.3, -0.25) is 14.7 Å². The van der Waals surface area contributed by atoms with Gasteiger partial charge in [-0.05, 0) is 38.2 Å². The van der Waals surface area contributed by atoms with Gasteiger partial charge in [-0.1, -0.05) is 18.2 Å². The van der Waals surface area contributed by atoms with Crippen molar-refractivity contribution in [1.82, 2.24) is 15.2 Å². The van der Waals surface area contributed by atoms with Gasteiger partial charge in [-0.15, -0.1) is 0 Å². The number of nitrogens with zero attached hydrogens (tertiary/aromatic N) is 2. The molecule has 0 radical (unpaired) electrons. The first-order valence-electron chi connectivity index (χ1n) is 9.44. The number of aryl methyl sites for hydroxylation is 1. The van der Waals surface area contributed by atoms with Crippen LogP contribution in [0.2, 0.25) is 0 Å². The van der Waals surface area contributed by atoms with Crippen molar-refractivity contribution in [2.75, 3.05) is 20.2 Å². The predicted molar refractivity (Wildman–Crippen MR) is 105 cm³/mol. The van der Waals surface area contributed by atoms with Crippen LogP contribution >= 0.6 is 0 Å². The highest BCUT2D eigenvalue weighted by atomic mass is 16.5. The number of hydrogen-bond donors (Lipinski definition) is 3. The van der Waals surface area contributed by atoms with Gasteiger partial charge in [0, 0.05) is 24.9 Å². The molecule has 0 aliphatic heterocycles. The lowest BCUT2D eigenvalue weighted by Crippen LogP contribution is -2.52. The summed E-state index contributed by atoms with van der Waals surface area (Å²) in [5.41, 5.74) is 1.31. The number of aromatic nitrogens is 1. The molecule has 7 heteroatoms. The van der Waals surface area contributed by atoms with Gasteiger partial charge in [0.15, 0.2) is 0 Å². The Morgan fingerprint density at radius 1 is 1.29 bits per heavy atom. The number of hydrogen-bond acceptors (Lipinski definition) is 6. The van der Waals surface area contributed by atoms with Crippen LogP contribution in [0, 0.1) is 6.92 Å². The number of carbonyl (C=O) groups excluding carboxylic acids is 1. The summed E-state index contributed by atoms with van der Waals surface area (Å²) in [7, 11) is 1.82. The first kappa shape index (κ1) is 20.3. The third-order valence-corrected chi connectivity index (χ3v) is 5.11. The third-order valence-electron chi connectivity index (χ3n) is 5.11. The number of nitrogens with one attached hydrogen (secondary N) is 1. The van der Waals surface area contributed by atoms with Crippen LogP contribution in [0.15, 0.2) is 48.7 Å². The molecule has 1 aliphatic rings. The highest BCUT2D eigenvalue weighted by Crippen LogP contribution is 2.29. The lowest BCUT2D eigenvalue weighted by molar-refractivity contribution is 0.0110. The summed E-state index contributed by atoms with van der Waals surface area (Å²) >= 11 is 0. The maximum absolute atomic E-state index is 12.7. The number of para-hydroxylation sites is 1. The van der Waals surface area contributed by atoms with E-state index in [-0.39, 0.29) is 24.6 Å². The number of rotatable bonds is 7. The molecule has 1 aromatic carbocycles. The maximum Gasteiger partial charge on any atom is 0.253 e. The van der Waals surface area contributed by atoms with Crippen molar-refractivity contribution in [3.8, 4) is 5.75 Å². The van der Waals surface area contributed by atoms with Crippen molar-refractivity contribution >= 4 is 5.91 Å². The van der Waals surface area contributed by atoms with Crippen LogP contribution in [0.3, 0.4) is 0 Å². The van der Waals surface area contributed by atoms with Crippen LogP contribution in [0.1, 0.15) is 22.5 Å². The van der Waals surface area contributed by atoms with Crippen molar-refractivity contribution in [3.63, 3.8) is 0 Å². The Labute approximate surface area is 165 Å². The highest BCUT2D eigenvalue weighted by Gasteiger charge is 2.46. The summed E-state index contributed by atoms with van der Waals surface area (Å²) in [5.74, 6) is 0.428. The second-order valence-corrected chi connectivity index (χ2v) is 7.16. The highest BCUT2D eigenvalue weighted by molar-refractivity contribution is 5.94. The number of aliphatic hydroxyl groups is 2. The molecular formula is C21H27N3O4. The lowest BCUT2D eigenvalue weighted by atomic mass is 10.1. The molecule has 7 nitrogen and oxygen atoms in total. The van der Waals surface area contributed by atoms with E-state index in [4.69, 9.17) is 4.74 Å². The molecule has 1 aromatic heterocycles. The van der Waals surface area contributed by atoms with Crippen LogP contribution in [0.5, 0.6) is 5.75 Å². The van der Waals surface area contributed by atoms with Crippen LogP contribution in [-0.2, 0) is 0 Å². The fourth-order valence-electron chi connectivity index (χ4n) is 3.65. The number of amides is 1. The maximum atomic E-state index is 12.7. The normalized spacial score (nSPS) is 24.3. The molecular weight excluding hydrogens is 358 g/mol. The number of aliphatic hydroxyl groups excluding tert-OH is 2. The zero-order valence-corrected chi connectivity index (χ0v) is 16.2. The van der Waals surface area contributed by atoms with Gasteiger partial charge < -0.3 is 20.3 Å². The Morgan fingerprint density at radius 3 is 2.68 bits per heavy atom. The molecule has 0 saturated heterocycles. The lowest BCUT2D eigenvalue weighted by Gasteiger charge is -2.31. The molecule has 1 fully saturated rings. The van der Waals surface area contributed by atoms with Crippen LogP contribution < -0.4 is 10.1 Å². The Morgan fingerprint density at radius 2 is 2.04 bits per heavy atom. The zero-order chi connectivity index (χ0) is 20.1. The van der Waals surface area contributed by atoms with Crippen molar-refractivity contribution in [3.05, 3.63) is 59.9 Å². The third kappa shape index (κ3) is 4.67. The van der Waals surface area contributed by atoms with Crippen molar-refractivity contribution < 1.29 is 19.7 Å². The minimum Gasteiger partial charge on any atom is -0.488 e. The van der Waals surface area contributed by atoms with Gasteiger partial charge in [0.1, 0.15) is 18.0 Å². The first-order valence-corrected chi connectivity index (χ1v) is 9.44. The summed E-state index contributed by atoms with van der Waals surface area (Å²) in [5, 5.41) is 23.2. The molecule has 3 N–H and O–H groups in total. The summed E-state index contributed by atoms with van der Waals surface area (Å²) in [6.45, 7) is 2.21. The van der Waals surface area contributed by atoms with E-state index >= 15 is 0 Å². The molecule has 1 aliphatic carbocycles. The molecule has 3 rings (SSSR count). The Hall–Kier alpha value is -2.48. The van der Waals surface area contributed by atoms with E-state index in [0.29, 0.717) is 24.3 Å². The monoisotopic (exact) mass is 385 g/mol. The molecule has 1 amide bonds. The molecule has 0 bridgehead atoms. The van der Waals surface area contributed by atoms with Crippen molar-refractivity contribution in [2.24, 2.45) is 0 Å². The molecule has 0 spiro atoms. The van der Waals surface area contributed by atoms with Crippen molar-refractivity contribution in [1.29, 1.82) is 0 Å². The quantitative estimate of drug-likeness (QED) is 0.658. The Balaban J connectivity index is 1.75. The minimum absolute atomic E-state index is 0.0352. The molecule has 1 saturated carbocycles. The standard InChI is InChI=1S/C21H27N3O4/c1-14-8-9-15(13-22-14)21(27)23-17-12-18(28-16-6-4-3-5-7-16)20(26)19(17)24(2)10-11-25/h3-9,13,17-20,25-26H,10-12H2,1-2H3,(H,23,27)/t17-,18-,19+,20+/m1/s1. The number of likely N-dealkylation sites (N-methyl/N-ethyl adjacent to an activating group) is 1. The van der Waals surface area contributed by atoms with E-state index in [1.54, 1.807) is 18.3 Å². The first-order chi connectivity index (χ1) is 13.5. The van der Waals surface area contributed by atoms with Gasteiger partial charge in [0.2, 0.25) is 0 Å². The molecule has 150 valence electrons. The zero-order valence-electron chi connectivity index (χ0n) is 16.2. The van der Waals surface area contributed by atoms with Crippen LogP contribution in [-0.4, -0.2) is 70.5 Å². The van der Waals surface area contributed by atoms with Crippen LogP contribution in [0.25, 0.3) is 0 Å². The SMILES string of the molecule is Cc1ccc(C(=O)N[C@@H]2C[C@@H](Oc3ccccc3)[C@H](O)[C@H]2N(C)CCO)cn1. The smallest absolute Gasteiger partial charge is 0.253 e. The predicted octanol–water partition coefficient (Wildman–Crippen LogP) is 0.993. The number of ether oxygens (including phenoxy) is 1. The van der Waals surface area contributed by atoms with Gasteiger partial charge >= 0.3 is 0 Å². The molecule has 28 heavy (non-hydrogen) atoms. The largest absolute Gasteiger partial charge is 0.488 e. The van der Waals surface area contributed by atoms with Crippen molar-refractivity contribution in [2.45, 2.75) is 37.6 Å². The van der Waals surface area contributed by atoms with E-state index in [0.717, 1.165) is 5.69 Å². The van der Waals surface area contributed by atoms with Gasteiger partial charge in [0.05, 0.1) is 24.3 Å². The number of carbonyl (C=O) groups is 1. The second-order valence-electron chi connectivity index (χ2n) is 7.16. The molecule has 0 unspecified atom stereocenters. The van der Waals surface area contributed by atoms with E-state index in [1.807, 2.05) is 49.2 Å². The van der Waals surface area contributed by atoms with Crippen LogP contribution in [0.4, 0.5) is 0 Å². The Kier molecular flexibility index (Phi) is 6.61. The fourth-order valence-corrected chi connectivity index (χ4v) is 3.65. The van der Waals surface area contributed by atoms with E-state index in [1.165, 1.54) is 0 Å². The number of benzene rings is 1. The fraction of sp³-hybridized carbons (Fsp3) is 0.429. The molecule has 4 atom stereocenters. The molecule has 2 aromatic rings. The average molecular weight is 385 g/mol. The summed E-state index contributed by atoms with van der Waals surface area (Å²) in [6, 6.07) is 12.1. The summed E-state index contributed by atoms with van der Waals surface area (Å²) < 4.78 is 5.98.